The van der Waals surface area contributed by atoms with E-state index in [9.17, 15) is 4.79 Å². The molecule has 0 N–H and O–H groups in total. The molecule has 2 atom stereocenters. The first-order chi connectivity index (χ1) is 9.72. The van der Waals surface area contributed by atoms with Gasteiger partial charge >= 0.3 is 0 Å². The Bertz CT molecular complexity index is 418. The highest BCUT2D eigenvalue weighted by molar-refractivity contribution is 7.81. The smallest absolute Gasteiger partial charge is 0.236 e. The molecule has 1 aliphatic heterocycles. The van der Waals surface area contributed by atoms with Crippen LogP contribution in [0.25, 0.3) is 0 Å². The maximum absolute atomic E-state index is 12.6. The molecule has 1 aliphatic rings. The highest BCUT2D eigenvalue weighted by Crippen LogP contribution is 2.23. The van der Waals surface area contributed by atoms with Crippen molar-refractivity contribution in [1.82, 2.24) is 4.90 Å². The molecule has 0 bridgehead atoms. The van der Waals surface area contributed by atoms with E-state index in [-0.39, 0.29) is 11.2 Å². The zero-order valence-corrected chi connectivity index (χ0v) is 13.2. The predicted octanol–water partition coefficient (Wildman–Crippen LogP) is 3.71. The molecular weight excluding hydrogens is 266 g/mol. The standard InChI is InChI=1S/C17H25NOS/c1-2-8-15-11-6-7-12-18(15)17(19)16(20)13-14-9-4-3-5-10-14/h3-5,9-10,15-16,20H,2,6-8,11-13H2,1H3. The van der Waals surface area contributed by atoms with Crippen LogP contribution in [0.1, 0.15) is 44.6 Å². The fraction of sp³-hybridized carbons (Fsp3) is 0.588. The van der Waals surface area contributed by atoms with Crippen LogP contribution in [0, 0.1) is 0 Å². The molecular formula is C17H25NOS. The molecule has 1 saturated heterocycles. The Kier molecular flexibility index (Phi) is 5.96. The lowest BCUT2D eigenvalue weighted by atomic mass is 9.97. The molecule has 1 fully saturated rings. The number of amides is 1. The van der Waals surface area contributed by atoms with Gasteiger partial charge in [-0.1, -0.05) is 43.7 Å². The molecule has 0 saturated carbocycles. The van der Waals surface area contributed by atoms with Crippen LogP contribution in [0.2, 0.25) is 0 Å². The van der Waals surface area contributed by atoms with Crippen LogP contribution in [0.15, 0.2) is 30.3 Å². The minimum absolute atomic E-state index is 0.213. The van der Waals surface area contributed by atoms with Crippen molar-refractivity contribution < 1.29 is 4.79 Å². The number of hydrogen-bond acceptors (Lipinski definition) is 2. The Morgan fingerprint density at radius 3 is 2.80 bits per heavy atom. The summed E-state index contributed by atoms with van der Waals surface area (Å²) in [6, 6.07) is 10.6. The van der Waals surface area contributed by atoms with Crippen molar-refractivity contribution in [3.8, 4) is 0 Å². The first kappa shape index (κ1) is 15.4. The summed E-state index contributed by atoms with van der Waals surface area (Å²) >= 11 is 4.56. The SMILES string of the molecule is CCCC1CCCCN1C(=O)C(S)Cc1ccccc1. The Morgan fingerprint density at radius 1 is 1.35 bits per heavy atom. The van der Waals surface area contributed by atoms with Crippen LogP contribution in [-0.4, -0.2) is 28.6 Å². The molecule has 0 aromatic heterocycles. The first-order valence-corrected chi connectivity index (χ1v) is 8.26. The van der Waals surface area contributed by atoms with Crippen LogP contribution < -0.4 is 0 Å². The van der Waals surface area contributed by atoms with Gasteiger partial charge in [-0.25, -0.2) is 0 Å². The Balaban J connectivity index is 1.97. The lowest BCUT2D eigenvalue weighted by Crippen LogP contribution is -2.47. The number of hydrogen-bond donors (Lipinski definition) is 1. The number of nitrogens with zero attached hydrogens (tertiary/aromatic N) is 1. The van der Waals surface area contributed by atoms with Crippen molar-refractivity contribution >= 4 is 18.5 Å². The van der Waals surface area contributed by atoms with Gasteiger partial charge in [0.15, 0.2) is 0 Å². The Hall–Kier alpha value is -0.960. The average molecular weight is 291 g/mol. The molecule has 3 heteroatoms. The molecule has 20 heavy (non-hydrogen) atoms. The van der Waals surface area contributed by atoms with Gasteiger partial charge < -0.3 is 4.90 Å². The van der Waals surface area contributed by atoms with E-state index in [0.29, 0.717) is 6.04 Å². The number of carbonyl (C=O) groups is 1. The van der Waals surface area contributed by atoms with E-state index in [0.717, 1.165) is 38.6 Å². The lowest BCUT2D eigenvalue weighted by molar-refractivity contribution is -0.134. The normalized spacial score (nSPS) is 20.7. The molecule has 0 radical (unpaired) electrons. The van der Waals surface area contributed by atoms with Crippen LogP contribution in [-0.2, 0) is 11.2 Å². The maximum Gasteiger partial charge on any atom is 0.236 e. The van der Waals surface area contributed by atoms with Gasteiger partial charge in [0.25, 0.3) is 0 Å². The van der Waals surface area contributed by atoms with Crippen LogP contribution in [0.3, 0.4) is 0 Å². The number of benzene rings is 1. The summed E-state index contributed by atoms with van der Waals surface area (Å²) in [5.74, 6) is 0.218. The van der Waals surface area contributed by atoms with Gasteiger partial charge in [0, 0.05) is 12.6 Å². The number of carbonyl (C=O) groups excluding carboxylic acids is 1. The van der Waals surface area contributed by atoms with Crippen LogP contribution >= 0.6 is 12.6 Å². The largest absolute Gasteiger partial charge is 0.339 e. The van der Waals surface area contributed by atoms with Crippen molar-refractivity contribution in [2.24, 2.45) is 0 Å². The van der Waals surface area contributed by atoms with Gasteiger partial charge in [-0.05, 0) is 37.7 Å². The lowest BCUT2D eigenvalue weighted by Gasteiger charge is -2.37. The second-order valence-electron chi connectivity index (χ2n) is 5.68. The molecule has 2 rings (SSSR count). The first-order valence-electron chi connectivity index (χ1n) is 7.75. The van der Waals surface area contributed by atoms with E-state index in [1.54, 1.807) is 0 Å². The second kappa shape index (κ2) is 7.72. The van der Waals surface area contributed by atoms with Gasteiger partial charge in [0.05, 0.1) is 5.25 Å². The van der Waals surface area contributed by atoms with Gasteiger partial charge in [0.1, 0.15) is 0 Å². The predicted molar refractivity (Wildman–Crippen MR) is 87.2 cm³/mol. The van der Waals surface area contributed by atoms with E-state index in [2.05, 4.69) is 36.6 Å². The van der Waals surface area contributed by atoms with Crippen LogP contribution in [0.4, 0.5) is 0 Å². The highest BCUT2D eigenvalue weighted by atomic mass is 32.1. The monoisotopic (exact) mass is 291 g/mol. The highest BCUT2D eigenvalue weighted by Gasteiger charge is 2.29. The average Bonchev–Trinajstić information content (AvgIpc) is 2.48. The summed E-state index contributed by atoms with van der Waals surface area (Å²) in [6.07, 6.45) is 6.54. The number of rotatable bonds is 5. The number of piperidine rings is 1. The van der Waals surface area contributed by atoms with Crippen molar-refractivity contribution in [2.75, 3.05) is 6.54 Å². The van der Waals surface area contributed by atoms with Crippen LogP contribution in [0.5, 0.6) is 0 Å². The van der Waals surface area contributed by atoms with E-state index in [1.165, 1.54) is 12.0 Å². The van der Waals surface area contributed by atoms with Gasteiger partial charge in [-0.3, -0.25) is 4.79 Å². The minimum atomic E-state index is -0.213. The quantitative estimate of drug-likeness (QED) is 0.820. The molecule has 1 aromatic carbocycles. The number of likely N-dealkylation sites (tertiary alicyclic amines) is 1. The Morgan fingerprint density at radius 2 is 2.10 bits per heavy atom. The Labute approximate surface area is 128 Å². The summed E-state index contributed by atoms with van der Waals surface area (Å²) in [5, 5.41) is -0.213. The van der Waals surface area contributed by atoms with Crippen molar-refractivity contribution in [2.45, 2.75) is 56.7 Å². The number of thiol groups is 1. The molecule has 0 spiro atoms. The molecule has 110 valence electrons. The third-order valence-corrected chi connectivity index (χ3v) is 4.49. The molecule has 0 aliphatic carbocycles. The maximum atomic E-state index is 12.6. The topological polar surface area (TPSA) is 20.3 Å². The van der Waals surface area contributed by atoms with Crippen molar-refractivity contribution in [1.29, 1.82) is 0 Å². The molecule has 2 unspecified atom stereocenters. The molecule has 1 aromatic rings. The van der Waals surface area contributed by atoms with E-state index in [4.69, 9.17) is 0 Å². The summed E-state index contributed by atoms with van der Waals surface area (Å²) in [4.78, 5) is 14.7. The zero-order valence-electron chi connectivity index (χ0n) is 12.3. The third-order valence-electron chi connectivity index (χ3n) is 4.09. The van der Waals surface area contributed by atoms with Crippen molar-refractivity contribution in [3.05, 3.63) is 35.9 Å². The fourth-order valence-electron chi connectivity index (χ4n) is 3.04. The van der Waals surface area contributed by atoms with Gasteiger partial charge in [-0.2, -0.15) is 12.6 Å². The summed E-state index contributed by atoms with van der Waals surface area (Å²) in [6.45, 7) is 3.11. The van der Waals surface area contributed by atoms with E-state index in [1.807, 2.05) is 18.2 Å². The summed E-state index contributed by atoms with van der Waals surface area (Å²) in [7, 11) is 0. The third kappa shape index (κ3) is 4.02. The fourth-order valence-corrected chi connectivity index (χ4v) is 3.40. The van der Waals surface area contributed by atoms with E-state index >= 15 is 0 Å². The molecule has 2 nitrogen and oxygen atoms in total. The molecule has 1 heterocycles. The zero-order chi connectivity index (χ0) is 14.4. The van der Waals surface area contributed by atoms with E-state index < -0.39 is 0 Å². The van der Waals surface area contributed by atoms with Crippen molar-refractivity contribution in [3.63, 3.8) is 0 Å². The van der Waals surface area contributed by atoms with Gasteiger partial charge in [0.2, 0.25) is 5.91 Å². The summed E-state index contributed by atoms with van der Waals surface area (Å²) < 4.78 is 0. The summed E-state index contributed by atoms with van der Waals surface area (Å²) in [5.41, 5.74) is 1.19. The molecule has 1 amide bonds. The second-order valence-corrected chi connectivity index (χ2v) is 6.30. The van der Waals surface area contributed by atoms with Gasteiger partial charge in [-0.15, -0.1) is 0 Å². The minimum Gasteiger partial charge on any atom is -0.339 e.